The highest BCUT2D eigenvalue weighted by Crippen LogP contribution is 2.47. The Hall–Kier alpha value is -7.62. The Labute approximate surface area is 337 Å². The first-order valence-corrected chi connectivity index (χ1v) is 19.8. The van der Waals surface area contributed by atoms with Crippen molar-refractivity contribution in [3.05, 3.63) is 253 Å². The molecule has 0 fully saturated rings. The van der Waals surface area contributed by atoms with Crippen LogP contribution in [0.2, 0.25) is 0 Å². The van der Waals surface area contributed by atoms with E-state index in [2.05, 4.69) is 228 Å². The Morgan fingerprint density at radius 2 is 0.776 bits per heavy atom. The lowest BCUT2D eigenvalue weighted by Gasteiger charge is -2.37. The Kier molecular flexibility index (Phi) is 8.04. The number of benzene rings is 9. The molecule has 0 saturated heterocycles. The van der Waals surface area contributed by atoms with Crippen molar-refractivity contribution in [2.24, 2.45) is 0 Å². The minimum atomic E-state index is -0.546. The summed E-state index contributed by atoms with van der Waals surface area (Å²) in [5, 5.41) is 4.66. The van der Waals surface area contributed by atoms with Gasteiger partial charge in [-0.15, -0.1) is 0 Å². The van der Waals surface area contributed by atoms with Gasteiger partial charge in [-0.05, 0) is 82.9 Å². The van der Waals surface area contributed by atoms with Gasteiger partial charge in [0.25, 0.3) is 0 Å². The van der Waals surface area contributed by atoms with Gasteiger partial charge in [0, 0.05) is 50.4 Å². The molecule has 0 spiro atoms. The van der Waals surface area contributed by atoms with Gasteiger partial charge < -0.3 is 13.9 Å². The number of fused-ring (bicyclic) bond motifs is 6. The van der Waals surface area contributed by atoms with E-state index in [1.54, 1.807) is 0 Å². The lowest BCUT2D eigenvalue weighted by Crippen LogP contribution is -2.31. The lowest BCUT2D eigenvalue weighted by molar-refractivity contribution is 0.669. The second kappa shape index (κ2) is 13.8. The molecule has 0 bridgehead atoms. The maximum absolute atomic E-state index is 6.48. The summed E-state index contributed by atoms with van der Waals surface area (Å²) in [5.74, 6) is 0. The van der Waals surface area contributed by atoms with Crippen molar-refractivity contribution in [3.63, 3.8) is 0 Å². The van der Waals surface area contributed by atoms with Gasteiger partial charge in [-0.25, -0.2) is 0 Å². The minimum Gasteiger partial charge on any atom is -0.456 e. The summed E-state index contributed by atoms with van der Waals surface area (Å²) < 4.78 is 8.86. The molecule has 0 saturated carbocycles. The van der Waals surface area contributed by atoms with Crippen LogP contribution in [0, 0.1) is 0 Å². The third kappa shape index (κ3) is 5.36. The van der Waals surface area contributed by atoms with E-state index in [-0.39, 0.29) is 0 Å². The van der Waals surface area contributed by atoms with Gasteiger partial charge in [-0.1, -0.05) is 164 Å². The number of aromatic nitrogens is 1. The zero-order valence-electron chi connectivity index (χ0n) is 31.7. The molecule has 11 rings (SSSR count). The van der Waals surface area contributed by atoms with E-state index in [1.165, 1.54) is 38.5 Å². The highest BCUT2D eigenvalue weighted by Gasteiger charge is 2.38. The predicted octanol–water partition coefficient (Wildman–Crippen LogP) is 14.5. The van der Waals surface area contributed by atoms with Crippen LogP contribution < -0.4 is 4.90 Å². The molecular formula is C55H38N2O. The molecule has 11 aromatic rings. The highest BCUT2D eigenvalue weighted by atomic mass is 16.3. The van der Waals surface area contributed by atoms with Crippen LogP contribution in [-0.4, -0.2) is 4.57 Å². The third-order valence-corrected chi connectivity index (χ3v) is 11.7. The van der Waals surface area contributed by atoms with Gasteiger partial charge in [-0.3, -0.25) is 0 Å². The molecule has 0 unspecified atom stereocenters. The number of rotatable bonds is 8. The molecule has 0 atom stereocenters. The van der Waals surface area contributed by atoms with Crippen molar-refractivity contribution >= 4 is 60.8 Å². The van der Waals surface area contributed by atoms with E-state index in [4.69, 9.17) is 4.42 Å². The summed E-state index contributed by atoms with van der Waals surface area (Å²) in [6.45, 7) is 0. The number of furan rings is 1. The zero-order chi connectivity index (χ0) is 38.5. The van der Waals surface area contributed by atoms with E-state index in [0.717, 1.165) is 50.2 Å². The van der Waals surface area contributed by atoms with Gasteiger partial charge in [0.15, 0.2) is 0 Å². The fourth-order valence-electron chi connectivity index (χ4n) is 9.18. The van der Waals surface area contributed by atoms with Crippen LogP contribution in [0.15, 0.2) is 235 Å². The number of hydrogen-bond acceptors (Lipinski definition) is 2. The van der Waals surface area contributed by atoms with Gasteiger partial charge in [0.2, 0.25) is 0 Å². The third-order valence-electron chi connectivity index (χ3n) is 11.7. The minimum absolute atomic E-state index is 0.546. The molecular weight excluding hydrogens is 705 g/mol. The molecule has 0 amide bonds. The first-order valence-electron chi connectivity index (χ1n) is 19.8. The molecule has 2 aromatic heterocycles. The van der Waals surface area contributed by atoms with Crippen LogP contribution >= 0.6 is 0 Å². The molecule has 58 heavy (non-hydrogen) atoms. The van der Waals surface area contributed by atoms with Crippen LogP contribution in [0.5, 0.6) is 0 Å². The first-order chi connectivity index (χ1) is 28.8. The Morgan fingerprint density at radius 3 is 1.41 bits per heavy atom. The van der Waals surface area contributed by atoms with Crippen LogP contribution in [0.1, 0.15) is 22.3 Å². The van der Waals surface area contributed by atoms with E-state index in [1.807, 2.05) is 12.1 Å². The molecule has 3 nitrogen and oxygen atoms in total. The number of anilines is 3. The van der Waals surface area contributed by atoms with Crippen molar-refractivity contribution in [3.8, 4) is 5.69 Å². The van der Waals surface area contributed by atoms with E-state index < -0.39 is 5.41 Å². The second-order valence-corrected chi connectivity index (χ2v) is 14.9. The molecule has 0 aliphatic carbocycles. The maximum Gasteiger partial charge on any atom is 0.137 e. The standard InChI is InChI=1S/C55H38N2O/c1-5-17-39(18-6-1)55(40-19-7-2-8-20-40,41-21-9-3-10-22-41)42-29-31-44(32-30-42)56(46-34-36-50-49-26-14-16-28-53(49)58-54(50)38-46)45-33-35-48-47-25-13-15-27-51(47)57(52(48)37-45)43-23-11-4-12-24-43/h1-38H. The average molecular weight is 743 g/mol. The Bertz CT molecular complexity index is 3110. The van der Waals surface area contributed by atoms with Gasteiger partial charge in [0.1, 0.15) is 11.2 Å². The van der Waals surface area contributed by atoms with Crippen LogP contribution in [0.25, 0.3) is 49.4 Å². The Balaban J connectivity index is 1.14. The lowest BCUT2D eigenvalue weighted by atomic mass is 9.65. The van der Waals surface area contributed by atoms with E-state index >= 15 is 0 Å². The van der Waals surface area contributed by atoms with Crippen molar-refractivity contribution in [1.29, 1.82) is 0 Å². The normalized spacial score (nSPS) is 11.8. The first kappa shape index (κ1) is 33.7. The molecule has 2 heterocycles. The number of nitrogens with zero attached hydrogens (tertiary/aromatic N) is 2. The molecule has 3 heteroatoms. The van der Waals surface area contributed by atoms with Gasteiger partial charge >= 0.3 is 0 Å². The topological polar surface area (TPSA) is 21.3 Å². The molecule has 0 aliphatic rings. The summed E-state index contributed by atoms with van der Waals surface area (Å²) in [7, 11) is 0. The van der Waals surface area contributed by atoms with Crippen molar-refractivity contribution in [1.82, 2.24) is 4.57 Å². The molecule has 9 aromatic carbocycles. The van der Waals surface area contributed by atoms with Crippen molar-refractivity contribution in [2.45, 2.75) is 5.41 Å². The quantitative estimate of drug-likeness (QED) is 0.145. The molecule has 0 aliphatic heterocycles. The predicted molar refractivity (Wildman–Crippen MR) is 241 cm³/mol. The monoisotopic (exact) mass is 742 g/mol. The van der Waals surface area contributed by atoms with Gasteiger partial charge in [-0.2, -0.15) is 0 Å². The zero-order valence-corrected chi connectivity index (χ0v) is 31.7. The highest BCUT2D eigenvalue weighted by molar-refractivity contribution is 6.11. The molecule has 0 N–H and O–H groups in total. The van der Waals surface area contributed by atoms with E-state index in [0.29, 0.717) is 0 Å². The smallest absolute Gasteiger partial charge is 0.137 e. The Morgan fingerprint density at radius 1 is 0.328 bits per heavy atom. The summed E-state index contributed by atoms with van der Waals surface area (Å²) in [6, 6.07) is 82.9. The van der Waals surface area contributed by atoms with Crippen LogP contribution in [-0.2, 0) is 5.41 Å². The van der Waals surface area contributed by atoms with Gasteiger partial charge in [0.05, 0.1) is 16.4 Å². The number of para-hydroxylation sites is 3. The fraction of sp³-hybridized carbons (Fsp3) is 0.0182. The number of hydrogen-bond donors (Lipinski definition) is 0. The van der Waals surface area contributed by atoms with Crippen molar-refractivity contribution in [2.75, 3.05) is 4.90 Å². The van der Waals surface area contributed by atoms with Crippen LogP contribution in [0.4, 0.5) is 17.1 Å². The fourth-order valence-corrected chi connectivity index (χ4v) is 9.18. The largest absolute Gasteiger partial charge is 0.456 e. The molecule has 0 radical (unpaired) electrons. The maximum atomic E-state index is 6.48. The van der Waals surface area contributed by atoms with Crippen molar-refractivity contribution < 1.29 is 4.42 Å². The molecule has 274 valence electrons. The summed E-state index contributed by atoms with van der Waals surface area (Å²) >= 11 is 0. The van der Waals surface area contributed by atoms with E-state index in [9.17, 15) is 0 Å². The SMILES string of the molecule is c1ccc(-n2c3ccccc3c3ccc(N(c4ccc(C(c5ccccc5)(c5ccccc5)c5ccccc5)cc4)c4ccc5c(c4)oc4ccccc45)cc32)cc1. The summed E-state index contributed by atoms with van der Waals surface area (Å²) in [6.07, 6.45) is 0. The van der Waals surface area contributed by atoms with Crippen LogP contribution in [0.3, 0.4) is 0 Å². The second-order valence-electron chi connectivity index (χ2n) is 14.9. The summed E-state index contributed by atoms with van der Waals surface area (Å²) in [5.41, 5.74) is 12.6. The summed E-state index contributed by atoms with van der Waals surface area (Å²) in [4.78, 5) is 2.36. The average Bonchev–Trinajstić information content (AvgIpc) is 3.84.